The van der Waals surface area contributed by atoms with E-state index in [-0.39, 0.29) is 0 Å². The zero-order valence-electron chi connectivity index (χ0n) is 6.06. The first kappa shape index (κ1) is 7.09. The Morgan fingerprint density at radius 2 is 2.36 bits per heavy atom. The predicted octanol–water partition coefficient (Wildman–Crippen LogP) is 2.48. The number of nitrogens with one attached hydrogen (secondary N) is 1. The molecule has 0 bridgehead atoms. The van der Waals surface area contributed by atoms with Gasteiger partial charge in [-0.2, -0.15) is 0 Å². The van der Waals surface area contributed by atoms with E-state index in [1.54, 1.807) is 0 Å². The quantitative estimate of drug-likeness (QED) is 0.722. The molecule has 0 radical (unpaired) electrons. The Labute approximate surface area is 78.2 Å². The molecule has 3 heteroatoms. The molecule has 0 aliphatic rings. The molecule has 2 heterocycles. The lowest BCUT2D eigenvalue weighted by Crippen LogP contribution is -1.83. The summed E-state index contributed by atoms with van der Waals surface area (Å²) in [6, 6.07) is 2.06. The number of hydrogen-bond donors (Lipinski definition) is 1. The summed E-state index contributed by atoms with van der Waals surface area (Å²) in [5, 5.41) is 1.22. The summed E-state index contributed by atoms with van der Waals surface area (Å²) in [6.07, 6.45) is 3.83. The molecular weight excluding hydrogens is 251 g/mol. The fourth-order valence-electron chi connectivity index (χ4n) is 1.16. The number of pyridine rings is 1. The molecule has 2 nitrogen and oxygen atoms in total. The van der Waals surface area contributed by atoms with Gasteiger partial charge in [-0.05, 0) is 35.6 Å². The van der Waals surface area contributed by atoms with Gasteiger partial charge in [-0.15, -0.1) is 0 Å². The second kappa shape index (κ2) is 2.48. The number of aryl methyl sites for hydroxylation is 1. The third-order valence-corrected chi connectivity index (χ3v) is 2.57. The van der Waals surface area contributed by atoms with Crippen molar-refractivity contribution < 1.29 is 0 Å². The Morgan fingerprint density at radius 1 is 1.55 bits per heavy atom. The lowest BCUT2D eigenvalue weighted by molar-refractivity contribution is 1.22. The fraction of sp³-hybridized carbons (Fsp3) is 0.125. The smallest absolute Gasteiger partial charge is 0.0623 e. The van der Waals surface area contributed by atoms with E-state index in [2.05, 4.69) is 38.6 Å². The largest absolute Gasteiger partial charge is 0.360 e. The number of aromatic amines is 1. The highest BCUT2D eigenvalue weighted by atomic mass is 127. The number of aromatic nitrogens is 2. The van der Waals surface area contributed by atoms with Crippen LogP contribution in [0.5, 0.6) is 0 Å². The lowest BCUT2D eigenvalue weighted by Gasteiger charge is -1.96. The number of rotatable bonds is 0. The molecule has 0 aliphatic carbocycles. The van der Waals surface area contributed by atoms with E-state index in [4.69, 9.17) is 0 Å². The molecule has 0 atom stereocenters. The van der Waals surface area contributed by atoms with Crippen molar-refractivity contribution >= 4 is 33.5 Å². The highest BCUT2D eigenvalue weighted by Crippen LogP contribution is 2.19. The van der Waals surface area contributed by atoms with E-state index in [1.165, 1.54) is 14.5 Å². The second-order valence-corrected chi connectivity index (χ2v) is 3.62. The van der Waals surface area contributed by atoms with Gasteiger partial charge in [0.1, 0.15) is 0 Å². The van der Waals surface area contributed by atoms with Gasteiger partial charge in [-0.25, -0.2) is 0 Å². The summed E-state index contributed by atoms with van der Waals surface area (Å²) in [4.78, 5) is 7.43. The molecule has 0 fully saturated rings. The summed E-state index contributed by atoms with van der Waals surface area (Å²) in [5.41, 5.74) is 2.28. The Hall–Kier alpha value is -0.580. The Kier molecular flexibility index (Phi) is 1.60. The minimum atomic E-state index is 1.08. The fourth-order valence-corrected chi connectivity index (χ4v) is 1.74. The first-order valence-electron chi connectivity index (χ1n) is 3.37. The molecule has 2 aromatic rings. The molecule has 0 saturated carbocycles. The van der Waals surface area contributed by atoms with Crippen LogP contribution in [0.2, 0.25) is 0 Å². The number of nitrogens with zero attached hydrogens (tertiary/aromatic N) is 1. The highest BCUT2D eigenvalue weighted by Gasteiger charge is 2.01. The van der Waals surface area contributed by atoms with Crippen LogP contribution < -0.4 is 0 Å². The van der Waals surface area contributed by atoms with Crippen LogP contribution in [0.4, 0.5) is 0 Å². The van der Waals surface area contributed by atoms with Gasteiger partial charge < -0.3 is 4.98 Å². The zero-order chi connectivity index (χ0) is 7.84. The molecule has 56 valence electrons. The maximum atomic E-state index is 4.25. The standard InChI is InChI=1S/C8H7IN2/c1-5-6-2-3-10-8(6)7(9)4-11-5/h2-4,10H,1H3. The number of halogens is 1. The van der Waals surface area contributed by atoms with Crippen molar-refractivity contribution in [3.05, 3.63) is 27.7 Å². The van der Waals surface area contributed by atoms with Gasteiger partial charge in [0.15, 0.2) is 0 Å². The number of H-pyrrole nitrogens is 1. The predicted molar refractivity (Wildman–Crippen MR) is 53.5 cm³/mol. The minimum Gasteiger partial charge on any atom is -0.360 e. The van der Waals surface area contributed by atoms with Gasteiger partial charge in [0.2, 0.25) is 0 Å². The third-order valence-electron chi connectivity index (χ3n) is 1.75. The van der Waals surface area contributed by atoms with Crippen LogP contribution in [0.15, 0.2) is 18.5 Å². The van der Waals surface area contributed by atoms with Crippen molar-refractivity contribution in [2.45, 2.75) is 6.92 Å². The molecular formula is C8H7IN2. The maximum Gasteiger partial charge on any atom is 0.0623 e. The van der Waals surface area contributed by atoms with Crippen LogP contribution in [-0.4, -0.2) is 9.97 Å². The van der Waals surface area contributed by atoms with E-state index in [1.807, 2.05) is 19.3 Å². The first-order valence-corrected chi connectivity index (χ1v) is 4.45. The van der Waals surface area contributed by atoms with E-state index in [9.17, 15) is 0 Å². The number of fused-ring (bicyclic) bond motifs is 1. The van der Waals surface area contributed by atoms with Gasteiger partial charge in [0.05, 0.1) is 9.09 Å². The summed E-state index contributed by atoms with van der Waals surface area (Å²) in [6.45, 7) is 2.02. The minimum absolute atomic E-state index is 1.08. The van der Waals surface area contributed by atoms with Crippen molar-refractivity contribution in [2.75, 3.05) is 0 Å². The molecule has 11 heavy (non-hydrogen) atoms. The van der Waals surface area contributed by atoms with E-state index >= 15 is 0 Å². The monoisotopic (exact) mass is 258 g/mol. The third kappa shape index (κ3) is 1.03. The maximum absolute atomic E-state index is 4.25. The second-order valence-electron chi connectivity index (χ2n) is 2.46. The Balaban J connectivity index is 2.96. The Morgan fingerprint density at radius 3 is 3.09 bits per heavy atom. The molecule has 0 unspecified atom stereocenters. The van der Waals surface area contributed by atoms with E-state index in [0.717, 1.165) is 5.69 Å². The van der Waals surface area contributed by atoms with E-state index < -0.39 is 0 Å². The summed E-state index contributed by atoms with van der Waals surface area (Å²) >= 11 is 2.28. The SMILES string of the molecule is Cc1ncc(I)c2[nH]ccc12. The van der Waals surface area contributed by atoms with Gasteiger partial charge >= 0.3 is 0 Å². The first-order chi connectivity index (χ1) is 5.29. The highest BCUT2D eigenvalue weighted by molar-refractivity contribution is 14.1. The average molecular weight is 258 g/mol. The van der Waals surface area contributed by atoms with Crippen LogP contribution in [0.1, 0.15) is 5.69 Å². The van der Waals surface area contributed by atoms with Crippen molar-refractivity contribution in [1.82, 2.24) is 9.97 Å². The molecule has 0 aliphatic heterocycles. The van der Waals surface area contributed by atoms with Gasteiger partial charge in [0.25, 0.3) is 0 Å². The average Bonchev–Trinajstić information content (AvgIpc) is 2.45. The van der Waals surface area contributed by atoms with Crippen LogP contribution in [0.3, 0.4) is 0 Å². The molecule has 0 spiro atoms. The van der Waals surface area contributed by atoms with Crippen molar-refractivity contribution in [3.63, 3.8) is 0 Å². The van der Waals surface area contributed by atoms with Crippen molar-refractivity contribution in [2.24, 2.45) is 0 Å². The number of hydrogen-bond acceptors (Lipinski definition) is 1. The van der Waals surface area contributed by atoms with Crippen LogP contribution in [-0.2, 0) is 0 Å². The molecule has 0 aromatic carbocycles. The zero-order valence-corrected chi connectivity index (χ0v) is 8.21. The normalized spacial score (nSPS) is 10.7. The van der Waals surface area contributed by atoms with Crippen molar-refractivity contribution in [3.8, 4) is 0 Å². The molecule has 2 aromatic heterocycles. The van der Waals surface area contributed by atoms with Crippen LogP contribution in [0.25, 0.3) is 10.9 Å². The van der Waals surface area contributed by atoms with Crippen molar-refractivity contribution in [1.29, 1.82) is 0 Å². The van der Waals surface area contributed by atoms with Crippen LogP contribution >= 0.6 is 22.6 Å². The van der Waals surface area contributed by atoms with Gasteiger partial charge in [0, 0.05) is 23.5 Å². The molecule has 1 N–H and O–H groups in total. The van der Waals surface area contributed by atoms with Crippen LogP contribution in [0, 0.1) is 10.5 Å². The summed E-state index contributed by atoms with van der Waals surface area (Å²) in [7, 11) is 0. The molecule has 0 saturated heterocycles. The summed E-state index contributed by atoms with van der Waals surface area (Å²) in [5.74, 6) is 0. The van der Waals surface area contributed by atoms with E-state index in [0.29, 0.717) is 0 Å². The van der Waals surface area contributed by atoms with Gasteiger partial charge in [-0.1, -0.05) is 0 Å². The molecule has 2 rings (SSSR count). The lowest BCUT2D eigenvalue weighted by atomic mass is 10.2. The molecule has 0 amide bonds. The Bertz CT molecular complexity index is 356. The summed E-state index contributed by atoms with van der Waals surface area (Å²) < 4.78 is 1.17. The van der Waals surface area contributed by atoms with Gasteiger partial charge in [-0.3, -0.25) is 4.98 Å². The topological polar surface area (TPSA) is 28.7 Å².